The number of aryl methyl sites for hydroxylation is 4. The van der Waals surface area contributed by atoms with Crippen molar-refractivity contribution in [1.29, 1.82) is 0 Å². The molecule has 0 aromatic heterocycles. The van der Waals surface area contributed by atoms with Gasteiger partial charge in [-0.1, -0.05) is 58.1 Å². The van der Waals surface area contributed by atoms with Gasteiger partial charge in [0.05, 0.1) is 11.1 Å². The molecule has 0 fully saturated rings. The third-order valence-corrected chi connectivity index (χ3v) is 8.30. The number of carbonyl (C=O) groups excluding carboxylic acids is 2. The predicted octanol–water partition coefficient (Wildman–Crippen LogP) is 8.70. The monoisotopic (exact) mass is 526 g/mol. The second-order valence-corrected chi connectivity index (χ2v) is 11.6. The molecule has 0 aliphatic heterocycles. The zero-order valence-electron chi connectivity index (χ0n) is 24.8. The van der Waals surface area contributed by atoms with E-state index in [2.05, 4.69) is 45.9 Å². The first kappa shape index (κ1) is 29.9. The van der Waals surface area contributed by atoms with Crippen LogP contribution in [0.3, 0.4) is 0 Å². The average molecular weight is 527 g/mol. The van der Waals surface area contributed by atoms with Gasteiger partial charge in [0.1, 0.15) is 11.9 Å². The minimum Gasteiger partial charge on any atom is -0.454 e. The number of hydrogen-bond donors (Lipinski definition) is 0. The van der Waals surface area contributed by atoms with Gasteiger partial charge in [0.25, 0.3) is 0 Å². The minimum absolute atomic E-state index is 0.236. The Hall–Kier alpha value is -3.66. The Morgan fingerprint density at radius 1 is 0.846 bits per heavy atom. The third-order valence-electron chi connectivity index (χ3n) is 8.30. The fourth-order valence-electron chi connectivity index (χ4n) is 4.32. The molecule has 39 heavy (non-hydrogen) atoms. The average Bonchev–Trinajstić information content (AvgIpc) is 2.89. The number of hydrogen-bond acceptors (Lipinski definition) is 4. The lowest BCUT2D eigenvalue weighted by atomic mass is 9.63. The van der Waals surface area contributed by atoms with E-state index in [4.69, 9.17) is 9.47 Å². The fraction of sp³-hybridized carbons (Fsp3) is 0.371. The van der Waals surface area contributed by atoms with E-state index in [9.17, 15) is 9.59 Å². The maximum atomic E-state index is 12.7. The highest BCUT2D eigenvalue weighted by molar-refractivity contribution is 5.91. The number of ether oxygens (including phenoxy) is 2. The fourth-order valence-corrected chi connectivity index (χ4v) is 4.32. The molecular formula is C35H42O4. The molecule has 0 heterocycles. The van der Waals surface area contributed by atoms with Crippen molar-refractivity contribution in [3.05, 3.63) is 118 Å². The first-order valence-corrected chi connectivity index (χ1v) is 13.6. The third kappa shape index (κ3) is 7.06. The van der Waals surface area contributed by atoms with Gasteiger partial charge in [0, 0.05) is 6.42 Å². The highest BCUT2D eigenvalue weighted by Gasteiger charge is 2.38. The van der Waals surface area contributed by atoms with E-state index >= 15 is 0 Å². The second-order valence-electron chi connectivity index (χ2n) is 11.6. The SMILES string of the molecule is C/C=C(\C=C/C(C)(C)C(C)(C)C1=CCC(OC(=O)c2ccc(C)c(C)c2)C=C1)OC(=O)c1ccc(C)c(C)c1. The van der Waals surface area contributed by atoms with Gasteiger partial charge >= 0.3 is 11.9 Å². The molecule has 206 valence electrons. The summed E-state index contributed by atoms with van der Waals surface area (Å²) in [6.07, 6.45) is 12.3. The highest BCUT2D eigenvalue weighted by atomic mass is 16.5. The van der Waals surface area contributed by atoms with Crippen molar-refractivity contribution in [2.45, 2.75) is 74.8 Å². The molecular weight excluding hydrogens is 484 g/mol. The van der Waals surface area contributed by atoms with Gasteiger partial charge in [-0.2, -0.15) is 0 Å². The molecule has 0 spiro atoms. The van der Waals surface area contributed by atoms with E-state index in [0.717, 1.165) is 22.3 Å². The summed E-state index contributed by atoms with van der Waals surface area (Å²) in [6, 6.07) is 11.2. The Kier molecular flexibility index (Phi) is 9.22. The zero-order chi connectivity index (χ0) is 29.0. The van der Waals surface area contributed by atoms with Crippen LogP contribution in [0.4, 0.5) is 0 Å². The minimum atomic E-state index is -0.368. The largest absolute Gasteiger partial charge is 0.454 e. The summed E-state index contributed by atoms with van der Waals surface area (Å²) in [7, 11) is 0. The molecule has 1 aliphatic carbocycles. The number of rotatable bonds is 8. The van der Waals surface area contributed by atoms with Crippen molar-refractivity contribution in [1.82, 2.24) is 0 Å². The van der Waals surface area contributed by atoms with Crippen molar-refractivity contribution in [2.24, 2.45) is 10.8 Å². The van der Waals surface area contributed by atoms with Gasteiger partial charge in [0.15, 0.2) is 0 Å². The Labute approximate surface area is 234 Å². The second kappa shape index (κ2) is 12.0. The van der Waals surface area contributed by atoms with Crippen LogP contribution in [0.1, 0.15) is 84.0 Å². The van der Waals surface area contributed by atoms with Gasteiger partial charge in [-0.15, -0.1) is 0 Å². The first-order chi connectivity index (χ1) is 18.2. The smallest absolute Gasteiger partial charge is 0.343 e. The zero-order valence-corrected chi connectivity index (χ0v) is 24.8. The maximum absolute atomic E-state index is 12.7. The van der Waals surface area contributed by atoms with Gasteiger partial charge in [-0.05, 0) is 116 Å². The Morgan fingerprint density at radius 2 is 1.41 bits per heavy atom. The summed E-state index contributed by atoms with van der Waals surface area (Å²) in [5.41, 5.74) is 6.19. The van der Waals surface area contributed by atoms with Crippen molar-refractivity contribution in [3.63, 3.8) is 0 Å². The molecule has 0 N–H and O–H groups in total. The summed E-state index contributed by atoms with van der Waals surface area (Å²) >= 11 is 0. The Morgan fingerprint density at radius 3 is 1.90 bits per heavy atom. The number of esters is 2. The molecule has 1 atom stereocenters. The van der Waals surface area contributed by atoms with Gasteiger partial charge in [0.2, 0.25) is 0 Å². The summed E-state index contributed by atoms with van der Waals surface area (Å²) in [4.78, 5) is 25.4. The van der Waals surface area contributed by atoms with E-state index < -0.39 is 0 Å². The first-order valence-electron chi connectivity index (χ1n) is 13.6. The van der Waals surface area contributed by atoms with Crippen molar-refractivity contribution >= 4 is 11.9 Å². The molecule has 0 saturated heterocycles. The van der Waals surface area contributed by atoms with Crippen LogP contribution >= 0.6 is 0 Å². The van der Waals surface area contributed by atoms with Crippen LogP contribution in [-0.2, 0) is 9.47 Å². The topological polar surface area (TPSA) is 52.6 Å². The highest BCUT2D eigenvalue weighted by Crippen LogP contribution is 2.47. The lowest BCUT2D eigenvalue weighted by molar-refractivity contribution is 0.0395. The van der Waals surface area contributed by atoms with Crippen molar-refractivity contribution < 1.29 is 19.1 Å². The van der Waals surface area contributed by atoms with Gasteiger partial charge < -0.3 is 9.47 Å². The Balaban J connectivity index is 1.65. The molecule has 0 saturated carbocycles. The maximum Gasteiger partial charge on any atom is 0.343 e. The van der Waals surface area contributed by atoms with Crippen molar-refractivity contribution in [2.75, 3.05) is 0 Å². The number of allylic oxidation sites excluding steroid dienone is 5. The van der Waals surface area contributed by atoms with Crippen molar-refractivity contribution in [3.8, 4) is 0 Å². The molecule has 0 radical (unpaired) electrons. The van der Waals surface area contributed by atoms with E-state index in [1.807, 2.05) is 77.1 Å². The van der Waals surface area contributed by atoms with Crippen LogP contribution in [-0.4, -0.2) is 18.0 Å². The van der Waals surface area contributed by atoms with Crippen LogP contribution in [0.2, 0.25) is 0 Å². The van der Waals surface area contributed by atoms with E-state index in [1.54, 1.807) is 12.1 Å². The molecule has 0 amide bonds. The lowest BCUT2D eigenvalue weighted by Gasteiger charge is -2.42. The molecule has 3 rings (SSSR count). The lowest BCUT2D eigenvalue weighted by Crippen LogP contribution is -2.33. The number of benzene rings is 2. The summed E-state index contributed by atoms with van der Waals surface area (Å²) in [5.74, 6) is -0.165. The number of carbonyl (C=O) groups is 2. The van der Waals surface area contributed by atoms with E-state index in [0.29, 0.717) is 23.3 Å². The van der Waals surface area contributed by atoms with Gasteiger partial charge in [-0.25, -0.2) is 9.59 Å². The van der Waals surface area contributed by atoms with Crippen LogP contribution in [0.5, 0.6) is 0 Å². The van der Waals surface area contributed by atoms with E-state index in [-0.39, 0.29) is 28.9 Å². The van der Waals surface area contributed by atoms with E-state index in [1.165, 1.54) is 5.57 Å². The quantitative estimate of drug-likeness (QED) is 0.196. The van der Waals surface area contributed by atoms with Crippen LogP contribution in [0.25, 0.3) is 0 Å². The predicted molar refractivity (Wildman–Crippen MR) is 159 cm³/mol. The molecule has 0 bridgehead atoms. The van der Waals surface area contributed by atoms with Crippen LogP contribution in [0, 0.1) is 38.5 Å². The molecule has 1 aliphatic rings. The molecule has 4 heteroatoms. The van der Waals surface area contributed by atoms with Gasteiger partial charge in [-0.3, -0.25) is 0 Å². The Bertz CT molecular complexity index is 1370. The molecule has 2 aromatic carbocycles. The van der Waals surface area contributed by atoms with Crippen LogP contribution in [0.15, 0.2) is 84.2 Å². The normalized spacial score (nSPS) is 16.3. The molecule has 2 aromatic rings. The summed E-state index contributed by atoms with van der Waals surface area (Å²) < 4.78 is 11.5. The molecule has 1 unspecified atom stereocenters. The summed E-state index contributed by atoms with van der Waals surface area (Å²) in [6.45, 7) is 18.6. The summed E-state index contributed by atoms with van der Waals surface area (Å²) in [5, 5.41) is 0. The molecule has 4 nitrogen and oxygen atoms in total. The van der Waals surface area contributed by atoms with Crippen LogP contribution < -0.4 is 0 Å². The standard InChI is InChI=1S/C35H42O4/c1-10-30(38-32(36)27-13-11-23(2)25(4)21-27)19-20-34(6,7)35(8,9)29-15-17-31(18-16-29)39-33(37)28-14-12-24(3)26(5)22-28/h10-17,19-22,31H,18H2,1-9H3/b20-19-,30-10+.